The summed E-state index contributed by atoms with van der Waals surface area (Å²) in [6.07, 6.45) is 7.86. The van der Waals surface area contributed by atoms with E-state index in [0.717, 1.165) is 43.4 Å². The first-order valence-electron chi connectivity index (χ1n) is 11.3. The molecule has 0 aromatic heterocycles. The fourth-order valence-electron chi connectivity index (χ4n) is 3.53. The van der Waals surface area contributed by atoms with Crippen LogP contribution < -0.4 is 0 Å². The molecule has 0 N–H and O–H groups in total. The van der Waals surface area contributed by atoms with Gasteiger partial charge in [-0.15, -0.1) is 0 Å². The number of nitrogens with zero attached hydrogens (tertiary/aromatic N) is 1. The molecule has 2 heterocycles. The molecule has 230 valence electrons. The van der Waals surface area contributed by atoms with Crippen molar-refractivity contribution in [1.82, 2.24) is 4.31 Å². The Balaban J connectivity index is -0.000000206. The van der Waals surface area contributed by atoms with E-state index >= 15 is 0 Å². The Labute approximate surface area is 271 Å². The summed E-state index contributed by atoms with van der Waals surface area (Å²) in [6, 6.07) is 7.10. The van der Waals surface area contributed by atoms with Crippen molar-refractivity contribution < 1.29 is 74.6 Å². The topological polar surface area (TPSA) is 166 Å². The van der Waals surface area contributed by atoms with Gasteiger partial charge in [0.2, 0.25) is 10.0 Å². The fraction of sp³-hybridized carbons (Fsp3) is 0.429. The molecule has 3 rings (SSSR count). The SMILES string of the molecule is Cc1ccc(S(=O)(=O)N2CCC(=C3CCC[C@H]([C]=[C][Si](C)(C)C)O3)CC2)cc1.[C-]#[O+].[C-]#[O+].[C-]#[O+].[C-]#[O+].[C-]#[O+].[C-]#[O+].[Co].[Co]. The van der Waals surface area contributed by atoms with Crippen LogP contribution >= 0.6 is 0 Å². The third-order valence-electron chi connectivity index (χ3n) is 5.14. The van der Waals surface area contributed by atoms with Crippen LogP contribution in [0.1, 0.15) is 37.7 Å². The smallest absolute Gasteiger partial charge is 0 e. The minimum absolute atomic E-state index is 0. The number of hydrogen-bond donors (Lipinski definition) is 0. The molecule has 10 nitrogen and oxygen atoms in total. The van der Waals surface area contributed by atoms with Gasteiger partial charge in [0.25, 0.3) is 0 Å². The predicted molar refractivity (Wildman–Crippen MR) is 138 cm³/mol. The van der Waals surface area contributed by atoms with Crippen LogP contribution in [0.2, 0.25) is 19.6 Å². The van der Waals surface area contributed by atoms with E-state index in [2.05, 4.69) is 71.3 Å². The van der Waals surface area contributed by atoms with E-state index in [-0.39, 0.29) is 39.7 Å². The van der Waals surface area contributed by atoms with E-state index < -0.39 is 18.1 Å². The van der Waals surface area contributed by atoms with Gasteiger partial charge in [0.1, 0.15) is 6.10 Å². The van der Waals surface area contributed by atoms with E-state index in [1.54, 1.807) is 16.4 Å². The number of sulfonamides is 1. The first-order chi connectivity index (χ1) is 19.1. The molecule has 42 heavy (non-hydrogen) atoms. The van der Waals surface area contributed by atoms with Crippen LogP contribution in [0.25, 0.3) is 0 Å². The second-order valence-electron chi connectivity index (χ2n) is 8.76. The van der Waals surface area contributed by atoms with Gasteiger partial charge in [-0.3, -0.25) is 0 Å². The maximum absolute atomic E-state index is 12.9. The number of aryl methyl sites for hydroxylation is 1. The third kappa shape index (κ3) is 20.9. The number of ether oxygens (including phenoxy) is 1. The quantitative estimate of drug-likeness (QED) is 0.258. The van der Waals surface area contributed by atoms with Crippen LogP contribution in [-0.2, 0) is 76.2 Å². The second-order valence-corrected chi connectivity index (χ2v) is 15.4. The minimum atomic E-state index is -3.42. The molecule has 1 aromatic rings. The van der Waals surface area contributed by atoms with Gasteiger partial charge in [-0.05, 0) is 56.4 Å². The molecule has 0 bridgehead atoms. The normalized spacial score (nSPS) is 15.3. The van der Waals surface area contributed by atoms with Crippen molar-refractivity contribution in [1.29, 1.82) is 0 Å². The molecule has 2 saturated heterocycles. The van der Waals surface area contributed by atoms with Crippen LogP contribution in [0.15, 0.2) is 40.5 Å². The molecule has 4 radical (unpaired) electrons. The molecule has 1 aromatic carbocycles. The van der Waals surface area contributed by atoms with Gasteiger partial charge in [0.15, 0.2) is 0 Å². The molecule has 2 aliphatic rings. The molecular formula is C28H31Co2NO9SSi. The van der Waals surface area contributed by atoms with Crippen molar-refractivity contribution >= 4 is 18.1 Å². The van der Waals surface area contributed by atoms with Crippen LogP contribution in [0.3, 0.4) is 0 Å². The van der Waals surface area contributed by atoms with Crippen LogP contribution in [-0.4, -0.2) is 40.0 Å². The first kappa shape index (κ1) is 52.7. The fourth-order valence-corrected chi connectivity index (χ4v) is 5.57. The Morgan fingerprint density at radius 1 is 0.810 bits per heavy atom. The number of allylic oxidation sites excluding steroid dienone is 1. The average Bonchev–Trinajstić information content (AvgIpc) is 3.02. The Morgan fingerprint density at radius 2 is 1.24 bits per heavy atom. The standard InChI is InChI=1S/C22H31NO3SSi.6CO.2Co/c1-18-8-10-21(11-9-18)27(24,25)23-15-12-19(13-16-23)22-7-5-6-20(26-22)14-17-28(2,3)4;6*1-2;;/h8-11,20H,5-7,12-13,15-16H2,1-4H3;;;;;;;;/t20-;;;;;;;;/m1......../s1. The van der Waals surface area contributed by atoms with Crippen molar-refractivity contribution in [2.45, 2.75) is 69.7 Å². The molecule has 1 atom stereocenters. The van der Waals surface area contributed by atoms with E-state index in [1.807, 2.05) is 19.1 Å². The first-order valence-corrected chi connectivity index (χ1v) is 16.3. The van der Waals surface area contributed by atoms with E-state index in [9.17, 15) is 8.42 Å². The summed E-state index contributed by atoms with van der Waals surface area (Å²) < 4.78 is 78.6. The maximum atomic E-state index is 12.9. The van der Waals surface area contributed by atoms with Crippen molar-refractivity contribution in [3.05, 3.63) is 92.8 Å². The Bertz CT molecular complexity index is 1080. The summed E-state index contributed by atoms with van der Waals surface area (Å²) in [5, 5.41) is 0. The molecule has 0 amide bonds. The van der Waals surface area contributed by atoms with Gasteiger partial charge in [-0.25, -0.2) is 8.42 Å². The zero-order chi connectivity index (χ0) is 32.4. The van der Waals surface area contributed by atoms with Gasteiger partial charge >= 0.3 is 67.8 Å². The van der Waals surface area contributed by atoms with E-state index in [4.69, 9.17) is 32.6 Å². The monoisotopic (exact) mass is 703 g/mol. The molecule has 2 aliphatic heterocycles. The van der Waals surface area contributed by atoms with Crippen LogP contribution in [0.4, 0.5) is 0 Å². The van der Waals surface area contributed by atoms with Crippen LogP contribution in [0.5, 0.6) is 0 Å². The Morgan fingerprint density at radius 3 is 1.64 bits per heavy atom. The Hall–Kier alpha value is -1.92. The molecule has 0 unspecified atom stereocenters. The van der Waals surface area contributed by atoms with Gasteiger partial charge in [-0.1, -0.05) is 43.0 Å². The molecule has 0 spiro atoms. The molecule has 0 aliphatic carbocycles. The zero-order valence-corrected chi connectivity index (χ0v) is 27.4. The molecular weight excluding hydrogens is 672 g/mol. The van der Waals surface area contributed by atoms with Gasteiger partial charge in [0.05, 0.1) is 18.7 Å². The molecule has 14 heteroatoms. The van der Waals surface area contributed by atoms with E-state index in [1.165, 1.54) is 5.57 Å². The van der Waals surface area contributed by atoms with Gasteiger partial charge < -0.3 is 4.74 Å². The van der Waals surface area contributed by atoms with Crippen molar-refractivity contribution in [2.75, 3.05) is 13.1 Å². The Kier molecular flexibility index (Phi) is 40.2. The van der Waals surface area contributed by atoms with E-state index in [0.29, 0.717) is 18.0 Å². The van der Waals surface area contributed by atoms with Gasteiger partial charge in [-0.2, -0.15) is 4.31 Å². The summed E-state index contributed by atoms with van der Waals surface area (Å²) in [5.41, 5.74) is 5.75. The van der Waals surface area contributed by atoms with Crippen molar-refractivity contribution in [3.63, 3.8) is 0 Å². The number of rotatable bonds is 4. The second kappa shape index (κ2) is 32.0. The average molecular weight is 704 g/mol. The summed E-state index contributed by atoms with van der Waals surface area (Å²) in [4.78, 5) is 0.379. The minimum Gasteiger partial charge on any atom is 0 e. The third-order valence-corrected chi connectivity index (χ3v) is 7.95. The van der Waals surface area contributed by atoms with Crippen molar-refractivity contribution in [2.24, 2.45) is 0 Å². The molecule has 2 fully saturated rings. The summed E-state index contributed by atoms with van der Waals surface area (Å²) in [5.74, 6) is 1.06. The summed E-state index contributed by atoms with van der Waals surface area (Å²) in [6.45, 7) is 36.7. The number of hydrogen-bond acceptors (Lipinski definition) is 3. The van der Waals surface area contributed by atoms with Crippen LogP contribution in [0, 0.1) is 58.6 Å². The largest absolute Gasteiger partial charge is 0 e. The molecule has 0 saturated carbocycles. The number of piperidine rings is 1. The maximum Gasteiger partial charge on any atom is 0 e. The van der Waals surface area contributed by atoms with Gasteiger partial charge in [0, 0.05) is 53.1 Å². The number of benzene rings is 1. The van der Waals surface area contributed by atoms with Crippen molar-refractivity contribution in [3.8, 4) is 0 Å². The summed E-state index contributed by atoms with van der Waals surface area (Å²) >= 11 is 0. The summed E-state index contributed by atoms with van der Waals surface area (Å²) in [7, 11) is -4.82. The zero-order valence-electron chi connectivity index (χ0n) is 23.5. The predicted octanol–water partition coefficient (Wildman–Crippen LogP) is 4.41.